The number of fused-ring (bicyclic) bond motifs is 1. The van der Waals surface area contributed by atoms with Gasteiger partial charge in [-0.1, -0.05) is 36.4 Å². The Bertz CT molecular complexity index is 975. The standard InChI is InChI=1S/C21H23ClFN3S2/c1-12(2)26-20(15-10-27-19-9-13(3)7-8-14(15)19)24-25-21(26)28-11-16-17(22)5-4-6-18(16)23/h4-6,10,12-13H,7-9,11H2,1-3H3/t13-/m0/s1. The summed E-state index contributed by atoms with van der Waals surface area (Å²) >= 11 is 9.50. The first-order valence-corrected chi connectivity index (χ1v) is 11.8. The van der Waals surface area contributed by atoms with E-state index in [1.807, 2.05) is 11.3 Å². The average Bonchev–Trinajstić information content (AvgIpc) is 3.24. The van der Waals surface area contributed by atoms with Gasteiger partial charge in [-0.15, -0.1) is 21.5 Å². The third-order valence-electron chi connectivity index (χ3n) is 5.23. The molecule has 0 unspecified atom stereocenters. The fraction of sp³-hybridized carbons (Fsp3) is 0.429. The van der Waals surface area contributed by atoms with Crippen LogP contribution in [0.3, 0.4) is 0 Å². The van der Waals surface area contributed by atoms with E-state index >= 15 is 0 Å². The van der Waals surface area contributed by atoms with E-state index in [0.29, 0.717) is 16.3 Å². The van der Waals surface area contributed by atoms with Gasteiger partial charge in [-0.25, -0.2) is 4.39 Å². The smallest absolute Gasteiger partial charge is 0.192 e. The molecule has 0 fully saturated rings. The highest BCUT2D eigenvalue weighted by atomic mass is 35.5. The lowest BCUT2D eigenvalue weighted by atomic mass is 9.88. The molecule has 2 aromatic heterocycles. The van der Waals surface area contributed by atoms with Gasteiger partial charge in [-0.3, -0.25) is 4.57 Å². The number of rotatable bonds is 5. The zero-order valence-electron chi connectivity index (χ0n) is 16.2. The maximum Gasteiger partial charge on any atom is 0.192 e. The first-order chi connectivity index (χ1) is 13.5. The van der Waals surface area contributed by atoms with Crippen molar-refractivity contribution in [2.24, 2.45) is 5.92 Å². The highest BCUT2D eigenvalue weighted by Crippen LogP contribution is 2.39. The Labute approximate surface area is 178 Å². The summed E-state index contributed by atoms with van der Waals surface area (Å²) < 4.78 is 16.3. The Morgan fingerprint density at radius 1 is 1.36 bits per heavy atom. The van der Waals surface area contributed by atoms with E-state index in [1.54, 1.807) is 12.1 Å². The van der Waals surface area contributed by atoms with Gasteiger partial charge >= 0.3 is 0 Å². The summed E-state index contributed by atoms with van der Waals surface area (Å²) in [4.78, 5) is 1.49. The fourth-order valence-corrected chi connectivity index (χ4v) is 6.35. The Morgan fingerprint density at radius 2 is 2.18 bits per heavy atom. The summed E-state index contributed by atoms with van der Waals surface area (Å²) in [6.45, 7) is 6.59. The molecule has 28 heavy (non-hydrogen) atoms. The molecule has 4 rings (SSSR count). The molecule has 2 heterocycles. The van der Waals surface area contributed by atoms with E-state index in [2.05, 4.69) is 40.9 Å². The molecule has 3 nitrogen and oxygen atoms in total. The van der Waals surface area contributed by atoms with Crippen molar-refractivity contribution in [3.8, 4) is 11.4 Å². The minimum Gasteiger partial charge on any atom is -0.299 e. The van der Waals surface area contributed by atoms with E-state index in [9.17, 15) is 4.39 Å². The molecule has 0 aliphatic heterocycles. The Balaban J connectivity index is 1.66. The van der Waals surface area contributed by atoms with Crippen LogP contribution in [0, 0.1) is 11.7 Å². The van der Waals surface area contributed by atoms with Crippen molar-refractivity contribution in [3.63, 3.8) is 0 Å². The molecule has 7 heteroatoms. The minimum absolute atomic E-state index is 0.210. The fourth-order valence-electron chi connectivity index (χ4n) is 3.70. The second-order valence-electron chi connectivity index (χ2n) is 7.66. The molecule has 0 bridgehead atoms. The summed E-state index contributed by atoms with van der Waals surface area (Å²) in [6, 6.07) is 5.00. The second kappa shape index (κ2) is 8.17. The average molecular weight is 436 g/mol. The lowest BCUT2D eigenvalue weighted by Gasteiger charge is -2.20. The molecule has 0 saturated carbocycles. The molecule has 1 aliphatic rings. The molecule has 0 N–H and O–H groups in total. The van der Waals surface area contributed by atoms with Gasteiger partial charge in [0.2, 0.25) is 0 Å². The minimum atomic E-state index is -0.281. The number of benzene rings is 1. The monoisotopic (exact) mass is 435 g/mol. The van der Waals surface area contributed by atoms with Crippen molar-refractivity contribution >= 4 is 34.7 Å². The number of thioether (sulfide) groups is 1. The summed E-state index contributed by atoms with van der Waals surface area (Å²) in [7, 11) is 0. The summed E-state index contributed by atoms with van der Waals surface area (Å²) in [6.07, 6.45) is 3.48. The first-order valence-electron chi connectivity index (χ1n) is 9.56. The lowest BCUT2D eigenvalue weighted by Crippen LogP contribution is -2.10. The van der Waals surface area contributed by atoms with E-state index in [-0.39, 0.29) is 11.9 Å². The van der Waals surface area contributed by atoms with E-state index in [1.165, 1.54) is 40.3 Å². The van der Waals surface area contributed by atoms with Crippen LogP contribution in [0.15, 0.2) is 28.7 Å². The number of hydrogen-bond acceptors (Lipinski definition) is 4. The van der Waals surface area contributed by atoms with Gasteiger partial charge in [0.25, 0.3) is 0 Å². The molecule has 0 radical (unpaired) electrons. The van der Waals surface area contributed by atoms with Crippen LogP contribution in [0.4, 0.5) is 4.39 Å². The Kier molecular flexibility index (Phi) is 5.81. The molecule has 1 atom stereocenters. The third-order valence-corrected chi connectivity index (χ3v) is 7.61. The van der Waals surface area contributed by atoms with Crippen molar-refractivity contribution in [2.45, 2.75) is 57.0 Å². The quantitative estimate of drug-likeness (QED) is 0.413. The summed E-state index contributed by atoms with van der Waals surface area (Å²) in [5, 5.41) is 12.5. The maximum atomic E-state index is 14.1. The van der Waals surface area contributed by atoms with Crippen molar-refractivity contribution in [3.05, 3.63) is 50.4 Å². The summed E-state index contributed by atoms with van der Waals surface area (Å²) in [5.41, 5.74) is 3.16. The molecule has 1 aromatic carbocycles. The predicted molar refractivity (Wildman–Crippen MR) is 116 cm³/mol. The first kappa shape index (κ1) is 19.9. The molecular formula is C21H23ClFN3S2. The molecule has 0 saturated heterocycles. The van der Waals surface area contributed by atoms with Gasteiger partial charge in [0, 0.05) is 38.2 Å². The van der Waals surface area contributed by atoms with Crippen molar-refractivity contribution < 1.29 is 4.39 Å². The number of thiophene rings is 1. The SMILES string of the molecule is CC(C)n1c(SCc2c(F)cccc2Cl)nnc1-c1csc2c1CC[C@H](C)C2. The third kappa shape index (κ3) is 3.74. The van der Waals surface area contributed by atoms with Crippen molar-refractivity contribution in [2.75, 3.05) is 0 Å². The number of hydrogen-bond donors (Lipinski definition) is 0. The van der Waals surface area contributed by atoms with Crippen LogP contribution in [-0.4, -0.2) is 14.8 Å². The lowest BCUT2D eigenvalue weighted by molar-refractivity contribution is 0.507. The van der Waals surface area contributed by atoms with Crippen LogP contribution >= 0.6 is 34.7 Å². The van der Waals surface area contributed by atoms with Crippen molar-refractivity contribution in [1.29, 1.82) is 0 Å². The van der Waals surface area contributed by atoms with Gasteiger partial charge in [-0.2, -0.15) is 0 Å². The molecule has 148 valence electrons. The van der Waals surface area contributed by atoms with E-state index < -0.39 is 0 Å². The Morgan fingerprint density at radius 3 is 2.93 bits per heavy atom. The van der Waals surface area contributed by atoms with Gasteiger partial charge in [0.1, 0.15) is 5.82 Å². The van der Waals surface area contributed by atoms with Crippen LogP contribution in [-0.2, 0) is 18.6 Å². The van der Waals surface area contributed by atoms with Crippen LogP contribution in [0.25, 0.3) is 11.4 Å². The van der Waals surface area contributed by atoms with Gasteiger partial charge in [0.15, 0.2) is 11.0 Å². The van der Waals surface area contributed by atoms with Gasteiger partial charge in [-0.05, 0) is 56.7 Å². The highest BCUT2D eigenvalue weighted by Gasteiger charge is 2.25. The van der Waals surface area contributed by atoms with Crippen LogP contribution in [0.1, 0.15) is 49.2 Å². The zero-order chi connectivity index (χ0) is 19.8. The largest absolute Gasteiger partial charge is 0.299 e. The van der Waals surface area contributed by atoms with Crippen LogP contribution < -0.4 is 0 Å². The highest BCUT2D eigenvalue weighted by molar-refractivity contribution is 7.98. The van der Waals surface area contributed by atoms with Crippen LogP contribution in [0.2, 0.25) is 5.02 Å². The van der Waals surface area contributed by atoms with Crippen molar-refractivity contribution in [1.82, 2.24) is 14.8 Å². The number of halogens is 2. The summed E-state index contributed by atoms with van der Waals surface area (Å²) in [5.74, 6) is 1.81. The molecule has 0 amide bonds. The second-order valence-corrected chi connectivity index (χ2v) is 9.97. The van der Waals surface area contributed by atoms with Gasteiger partial charge in [0.05, 0.1) is 0 Å². The molecule has 1 aliphatic carbocycles. The van der Waals surface area contributed by atoms with Gasteiger partial charge < -0.3 is 0 Å². The Hall–Kier alpha value is -1.37. The van der Waals surface area contributed by atoms with Crippen LogP contribution in [0.5, 0.6) is 0 Å². The molecule has 3 aromatic rings. The van der Waals surface area contributed by atoms with E-state index in [0.717, 1.165) is 29.7 Å². The predicted octanol–water partition coefficient (Wildman–Crippen LogP) is 6.80. The number of nitrogens with zero attached hydrogens (tertiary/aromatic N) is 3. The number of aromatic nitrogens is 3. The van der Waals surface area contributed by atoms with E-state index in [4.69, 9.17) is 11.6 Å². The molecular weight excluding hydrogens is 413 g/mol. The zero-order valence-corrected chi connectivity index (χ0v) is 18.6. The normalized spacial score (nSPS) is 16.6. The molecule has 0 spiro atoms. The maximum absolute atomic E-state index is 14.1. The topological polar surface area (TPSA) is 30.7 Å².